The average Bonchev–Trinajstić information content (AvgIpc) is 3.11. The molecule has 5 atom stereocenters. The third-order valence-electron chi connectivity index (χ3n) is 7.04. The molecule has 2 bridgehead atoms. The highest BCUT2D eigenvalue weighted by Crippen LogP contribution is 2.51. The standard InChI is InChI=1S/C25H23N3O5/c29-21(26-18-8-4-5-9-19(18)28(32)33)14-20(15-6-2-1-3-7-15)27-24(30)22-16-10-11-17(13-12-16)23(22)25(27)31/h1-11,16-17,20,22-23H,12-14H2,(H,26,29)/t16-,17-,20-,22-,23+/m0/s1. The fourth-order valence-electron chi connectivity index (χ4n) is 5.55. The highest BCUT2D eigenvalue weighted by molar-refractivity contribution is 6.07. The van der Waals surface area contributed by atoms with Crippen LogP contribution < -0.4 is 5.32 Å². The van der Waals surface area contributed by atoms with Gasteiger partial charge in [-0.3, -0.25) is 29.4 Å². The smallest absolute Gasteiger partial charge is 0.292 e. The molecule has 168 valence electrons. The van der Waals surface area contributed by atoms with Crippen molar-refractivity contribution in [3.05, 3.63) is 82.4 Å². The number of nitro benzene ring substituents is 1. The van der Waals surface area contributed by atoms with Crippen molar-refractivity contribution in [3.63, 3.8) is 0 Å². The molecule has 1 saturated carbocycles. The molecule has 2 fully saturated rings. The second-order valence-electron chi connectivity index (χ2n) is 8.84. The Morgan fingerprint density at radius 3 is 2.12 bits per heavy atom. The highest BCUT2D eigenvalue weighted by atomic mass is 16.6. The van der Waals surface area contributed by atoms with Gasteiger partial charge in [-0.15, -0.1) is 0 Å². The van der Waals surface area contributed by atoms with Gasteiger partial charge in [0.15, 0.2) is 0 Å². The number of carbonyl (C=O) groups excluding carboxylic acids is 3. The molecule has 0 unspecified atom stereocenters. The maximum Gasteiger partial charge on any atom is 0.292 e. The van der Waals surface area contributed by atoms with Crippen molar-refractivity contribution in [1.29, 1.82) is 0 Å². The summed E-state index contributed by atoms with van der Waals surface area (Å²) in [6.45, 7) is 0. The van der Waals surface area contributed by atoms with E-state index < -0.39 is 16.9 Å². The molecule has 4 aliphatic rings. The minimum absolute atomic E-state index is 0.0543. The van der Waals surface area contributed by atoms with Crippen LogP contribution in [0.1, 0.15) is 30.9 Å². The Kier molecular flexibility index (Phi) is 5.28. The van der Waals surface area contributed by atoms with Gasteiger partial charge in [-0.05, 0) is 36.3 Å². The fraction of sp³-hybridized carbons (Fsp3) is 0.320. The van der Waals surface area contributed by atoms with Crippen LogP contribution in [-0.2, 0) is 14.4 Å². The number of rotatable bonds is 6. The van der Waals surface area contributed by atoms with E-state index in [2.05, 4.69) is 17.5 Å². The van der Waals surface area contributed by atoms with Gasteiger partial charge in [0, 0.05) is 6.07 Å². The van der Waals surface area contributed by atoms with E-state index in [1.807, 2.05) is 6.07 Å². The van der Waals surface area contributed by atoms with Gasteiger partial charge >= 0.3 is 0 Å². The predicted octanol–water partition coefficient (Wildman–Crippen LogP) is 3.86. The number of nitro groups is 1. The molecule has 3 aliphatic carbocycles. The first-order chi connectivity index (χ1) is 16.0. The molecular weight excluding hydrogens is 422 g/mol. The van der Waals surface area contributed by atoms with E-state index in [1.54, 1.807) is 30.3 Å². The number of hydrogen-bond donors (Lipinski definition) is 1. The third kappa shape index (κ3) is 3.61. The summed E-state index contributed by atoms with van der Waals surface area (Å²) in [5.74, 6) is -1.59. The Balaban J connectivity index is 1.45. The van der Waals surface area contributed by atoms with Crippen LogP contribution >= 0.6 is 0 Å². The number of carbonyl (C=O) groups is 3. The second kappa shape index (κ2) is 8.27. The summed E-state index contributed by atoms with van der Waals surface area (Å²) in [7, 11) is 0. The molecule has 0 radical (unpaired) electrons. The second-order valence-corrected chi connectivity index (χ2v) is 8.84. The summed E-state index contributed by atoms with van der Waals surface area (Å²) < 4.78 is 0. The van der Waals surface area contributed by atoms with Crippen LogP contribution in [0.2, 0.25) is 0 Å². The van der Waals surface area contributed by atoms with Crippen LogP contribution in [0.4, 0.5) is 11.4 Å². The van der Waals surface area contributed by atoms with Crippen LogP contribution in [0.15, 0.2) is 66.7 Å². The van der Waals surface area contributed by atoms with Crippen molar-refractivity contribution in [1.82, 2.24) is 4.90 Å². The molecule has 33 heavy (non-hydrogen) atoms. The van der Waals surface area contributed by atoms with Crippen molar-refractivity contribution in [2.75, 3.05) is 5.32 Å². The SMILES string of the molecule is O=C(C[C@@H](c1ccccc1)N1C(=O)[C@@H]2[C@H](C1=O)[C@H]1C=C[C@H]2CC1)Nc1ccccc1[N+](=O)[O-]. The molecular formula is C25H23N3O5. The van der Waals surface area contributed by atoms with E-state index in [0.29, 0.717) is 5.56 Å². The number of imide groups is 1. The Morgan fingerprint density at radius 1 is 0.970 bits per heavy atom. The largest absolute Gasteiger partial charge is 0.320 e. The summed E-state index contributed by atoms with van der Waals surface area (Å²) >= 11 is 0. The summed E-state index contributed by atoms with van der Waals surface area (Å²) in [6.07, 6.45) is 5.72. The number of anilines is 1. The lowest BCUT2D eigenvalue weighted by Gasteiger charge is -2.38. The Morgan fingerprint density at radius 2 is 1.55 bits per heavy atom. The summed E-state index contributed by atoms with van der Waals surface area (Å²) in [6, 6.07) is 14.1. The minimum atomic E-state index is -0.779. The molecule has 1 aliphatic heterocycles. The monoisotopic (exact) mass is 445 g/mol. The summed E-state index contributed by atoms with van der Waals surface area (Å²) in [5.41, 5.74) is 0.536. The number of nitrogens with zero attached hydrogens (tertiary/aromatic N) is 2. The van der Waals surface area contributed by atoms with Crippen molar-refractivity contribution in [2.24, 2.45) is 23.7 Å². The van der Waals surface area contributed by atoms with Gasteiger partial charge in [-0.25, -0.2) is 0 Å². The minimum Gasteiger partial charge on any atom is -0.320 e. The lowest BCUT2D eigenvalue weighted by Crippen LogP contribution is -2.38. The topological polar surface area (TPSA) is 110 Å². The van der Waals surface area contributed by atoms with Gasteiger partial charge in [-0.1, -0.05) is 54.6 Å². The van der Waals surface area contributed by atoms with E-state index in [1.165, 1.54) is 23.1 Å². The van der Waals surface area contributed by atoms with Gasteiger partial charge < -0.3 is 5.32 Å². The van der Waals surface area contributed by atoms with Crippen LogP contribution in [0.5, 0.6) is 0 Å². The summed E-state index contributed by atoms with van der Waals surface area (Å²) in [5, 5.41) is 13.9. The van der Waals surface area contributed by atoms with Crippen LogP contribution in [0.25, 0.3) is 0 Å². The van der Waals surface area contributed by atoms with Crippen LogP contribution in [-0.4, -0.2) is 27.5 Å². The zero-order chi connectivity index (χ0) is 23.1. The van der Waals surface area contributed by atoms with E-state index in [0.717, 1.165) is 12.8 Å². The van der Waals surface area contributed by atoms with Crippen LogP contribution in [0, 0.1) is 33.8 Å². The fourth-order valence-corrected chi connectivity index (χ4v) is 5.55. The van der Waals surface area contributed by atoms with Gasteiger partial charge in [0.25, 0.3) is 5.69 Å². The van der Waals surface area contributed by atoms with E-state index >= 15 is 0 Å². The van der Waals surface area contributed by atoms with Gasteiger partial charge in [0.1, 0.15) is 5.69 Å². The first kappa shape index (κ1) is 21.1. The number of fused-ring (bicyclic) bond motifs is 1. The molecule has 1 N–H and O–H groups in total. The zero-order valence-corrected chi connectivity index (χ0v) is 17.8. The molecule has 2 aromatic rings. The normalized spacial score (nSPS) is 26.2. The number of allylic oxidation sites excluding steroid dienone is 2. The maximum atomic E-state index is 13.5. The van der Waals surface area contributed by atoms with Crippen molar-refractivity contribution in [2.45, 2.75) is 25.3 Å². The average molecular weight is 445 g/mol. The van der Waals surface area contributed by atoms with Crippen molar-refractivity contribution in [3.8, 4) is 0 Å². The first-order valence-corrected chi connectivity index (χ1v) is 11.1. The van der Waals surface area contributed by atoms with Gasteiger partial charge in [0.2, 0.25) is 17.7 Å². The lowest BCUT2D eigenvalue weighted by molar-refractivity contribution is -0.383. The molecule has 3 amide bonds. The molecule has 0 aromatic heterocycles. The predicted molar refractivity (Wildman–Crippen MR) is 120 cm³/mol. The first-order valence-electron chi connectivity index (χ1n) is 11.1. The Labute approximate surface area is 190 Å². The molecule has 6 rings (SSSR count). The number of likely N-dealkylation sites (tertiary alicyclic amines) is 1. The number of hydrogen-bond acceptors (Lipinski definition) is 5. The number of nitrogens with one attached hydrogen (secondary N) is 1. The molecule has 0 spiro atoms. The quantitative estimate of drug-likeness (QED) is 0.314. The van der Waals surface area contributed by atoms with E-state index in [4.69, 9.17) is 0 Å². The number of benzene rings is 2. The van der Waals surface area contributed by atoms with Gasteiger partial charge in [-0.2, -0.15) is 0 Å². The molecule has 8 heteroatoms. The van der Waals surface area contributed by atoms with Crippen LogP contribution in [0.3, 0.4) is 0 Å². The maximum absolute atomic E-state index is 13.5. The third-order valence-corrected chi connectivity index (χ3v) is 7.04. The van der Waals surface area contributed by atoms with Crippen molar-refractivity contribution < 1.29 is 19.3 Å². The number of amides is 3. The highest BCUT2D eigenvalue weighted by Gasteiger charge is 2.58. The summed E-state index contributed by atoms with van der Waals surface area (Å²) in [4.78, 5) is 52.0. The molecule has 1 heterocycles. The molecule has 8 nitrogen and oxygen atoms in total. The van der Waals surface area contributed by atoms with Gasteiger partial charge in [0.05, 0.1) is 29.2 Å². The Bertz CT molecular complexity index is 1130. The molecule has 1 saturated heterocycles. The van der Waals surface area contributed by atoms with Crippen molar-refractivity contribution >= 4 is 29.1 Å². The lowest BCUT2D eigenvalue weighted by atomic mass is 9.63. The molecule has 2 aromatic carbocycles. The zero-order valence-electron chi connectivity index (χ0n) is 17.8. The number of para-hydroxylation sites is 2. The van der Waals surface area contributed by atoms with E-state index in [9.17, 15) is 24.5 Å². The van der Waals surface area contributed by atoms with E-state index in [-0.39, 0.29) is 53.3 Å². The Hall–Kier alpha value is -3.81.